The zero-order valence-electron chi connectivity index (χ0n) is 20.9. The number of β-lactam (4-membered cyclic amide) rings is 1. The summed E-state index contributed by atoms with van der Waals surface area (Å²) >= 11 is 3.41. The number of nitrogens with zero attached hydrogens (tertiary/aromatic N) is 4. The normalized spacial score (nSPS) is 21.8. The molecule has 0 aromatic carbocycles. The molecule has 0 spiro atoms. The molecule has 2 saturated heterocycles. The Morgan fingerprint density at radius 1 is 1.34 bits per heavy atom. The lowest BCUT2D eigenvalue weighted by Crippen LogP contribution is -2.75. The van der Waals surface area contributed by atoms with E-state index in [1.165, 1.54) is 38.4 Å². The van der Waals surface area contributed by atoms with Gasteiger partial charge in [0.2, 0.25) is 18.2 Å². The molecule has 4 heterocycles. The van der Waals surface area contributed by atoms with Gasteiger partial charge in [0.15, 0.2) is 23.2 Å². The van der Waals surface area contributed by atoms with Gasteiger partial charge in [0.1, 0.15) is 17.1 Å². The van der Waals surface area contributed by atoms with Gasteiger partial charge in [0, 0.05) is 45.9 Å². The van der Waals surface area contributed by atoms with E-state index in [0.717, 1.165) is 11.3 Å². The second-order valence-electron chi connectivity index (χ2n) is 8.91. The zero-order chi connectivity index (χ0) is 29.9. The number of aromatic nitrogens is 2. The molecule has 2 aliphatic heterocycles. The summed E-state index contributed by atoms with van der Waals surface area (Å²) in [7, 11) is 0. The maximum absolute atomic E-state index is 13.0. The van der Waals surface area contributed by atoms with Crippen molar-refractivity contribution in [3.8, 4) is 0 Å². The fourth-order valence-corrected chi connectivity index (χ4v) is 7.15. The van der Waals surface area contributed by atoms with Gasteiger partial charge in [-0.3, -0.25) is 9.59 Å². The fourth-order valence-electron chi connectivity index (χ4n) is 3.87. The third kappa shape index (κ3) is 6.60. The van der Waals surface area contributed by atoms with Crippen molar-refractivity contribution in [1.82, 2.24) is 15.2 Å². The third-order valence-electron chi connectivity index (χ3n) is 6.02. The van der Waals surface area contributed by atoms with Crippen molar-refractivity contribution in [2.45, 2.75) is 22.9 Å². The van der Waals surface area contributed by atoms with Gasteiger partial charge < -0.3 is 40.9 Å². The molecular weight excluding hydrogens is 600 g/mol. The van der Waals surface area contributed by atoms with Crippen molar-refractivity contribution >= 4 is 75.4 Å². The Bertz CT molecular complexity index is 1450. The molecule has 216 valence electrons. The number of thiazole rings is 1. The molecule has 0 aliphatic carbocycles. The minimum atomic E-state index is -1.50. The average Bonchev–Trinajstić information content (AvgIpc) is 3.36. The first-order chi connectivity index (χ1) is 19.4. The van der Waals surface area contributed by atoms with E-state index in [1.807, 2.05) is 0 Å². The molecule has 2 amide bonds. The number of thioether (sulfide) groups is 2. The number of pyridine rings is 1. The van der Waals surface area contributed by atoms with Crippen molar-refractivity contribution in [1.29, 1.82) is 0 Å². The molecule has 5 N–H and O–H groups in total. The van der Waals surface area contributed by atoms with Crippen LogP contribution in [0.15, 0.2) is 52.3 Å². The van der Waals surface area contributed by atoms with Gasteiger partial charge in [-0.2, -0.15) is 4.57 Å². The monoisotopic (exact) mass is 622 g/mol. The van der Waals surface area contributed by atoms with E-state index in [-0.39, 0.29) is 35.4 Å². The number of hydrogen-bond donors (Lipinski definition) is 4. The Hall–Kier alpha value is -4.16. The SMILES string of the molecule is C=C(ON=C(C(=O)NC1C(=O)N2CC(CSc3cc[n+](CC(=O)O)cc3)(C(=O)[O-])CS[C@H]12)c1csc(N)n1)C(=O)O. The summed E-state index contributed by atoms with van der Waals surface area (Å²) in [6.07, 6.45) is 3.14. The standard InChI is InChI=1S/C23H22N6O9S3/c1-11(20(34)35)38-27-15(13-7-39-22(24)25-13)17(32)26-16-18(33)29-8-23(21(36)37,10-41-19(16)29)9-40-12-2-4-28(5-3-12)6-14(30)31/h2-5,7,16,19H,1,6,8-10H2,(H5-,24,25,26,30,31,32,34,35,36,37)/t16?,19-,23?/m1/s1. The first-order valence-corrected chi connectivity index (χ1v) is 14.5. The highest BCUT2D eigenvalue weighted by Crippen LogP contribution is 2.44. The first kappa shape index (κ1) is 29.8. The minimum absolute atomic E-state index is 0.00880. The number of carboxylic acid groups (broad SMARTS) is 3. The van der Waals surface area contributed by atoms with Gasteiger partial charge >= 0.3 is 11.9 Å². The van der Waals surface area contributed by atoms with Crippen LogP contribution >= 0.6 is 34.9 Å². The van der Waals surface area contributed by atoms with Crippen LogP contribution in [0, 0.1) is 5.41 Å². The highest BCUT2D eigenvalue weighted by molar-refractivity contribution is 8.00. The molecule has 2 fully saturated rings. The number of carbonyl (C=O) groups is 5. The number of carboxylic acids is 3. The predicted molar refractivity (Wildman–Crippen MR) is 143 cm³/mol. The molecule has 3 atom stereocenters. The Morgan fingerprint density at radius 3 is 2.63 bits per heavy atom. The number of aliphatic carboxylic acids is 3. The summed E-state index contributed by atoms with van der Waals surface area (Å²) in [5.74, 6) is -5.79. The van der Waals surface area contributed by atoms with Crippen LogP contribution in [0.3, 0.4) is 0 Å². The number of hydrogen-bond acceptors (Lipinski definition) is 13. The second kappa shape index (κ2) is 12.1. The molecule has 2 aromatic heterocycles. The number of amides is 2. The summed E-state index contributed by atoms with van der Waals surface area (Å²) in [5.41, 5.74) is 3.82. The Labute approximate surface area is 244 Å². The quantitative estimate of drug-likeness (QED) is 0.0396. The van der Waals surface area contributed by atoms with E-state index in [9.17, 15) is 29.1 Å². The van der Waals surface area contributed by atoms with Crippen molar-refractivity contribution in [2.75, 3.05) is 23.8 Å². The lowest BCUT2D eigenvalue weighted by molar-refractivity contribution is -0.686. The highest BCUT2D eigenvalue weighted by Gasteiger charge is 2.55. The minimum Gasteiger partial charge on any atom is -0.549 e. The smallest absolute Gasteiger partial charge is 0.374 e. The predicted octanol–water partition coefficient (Wildman–Crippen LogP) is -1.66. The van der Waals surface area contributed by atoms with Crippen LogP contribution in [-0.4, -0.2) is 85.0 Å². The summed E-state index contributed by atoms with van der Waals surface area (Å²) in [5, 5.41) is 37.1. The summed E-state index contributed by atoms with van der Waals surface area (Å²) in [6.45, 7) is 2.82. The van der Waals surface area contributed by atoms with Crippen LogP contribution in [0.4, 0.5) is 5.13 Å². The lowest BCUT2D eigenvalue weighted by Gasteiger charge is -2.55. The second-order valence-corrected chi connectivity index (χ2v) is 11.9. The molecule has 41 heavy (non-hydrogen) atoms. The molecule has 4 rings (SSSR count). The van der Waals surface area contributed by atoms with Crippen LogP contribution in [0.2, 0.25) is 0 Å². The van der Waals surface area contributed by atoms with Gasteiger partial charge in [0.05, 0.1) is 5.97 Å². The Morgan fingerprint density at radius 2 is 2.05 bits per heavy atom. The van der Waals surface area contributed by atoms with Crippen LogP contribution in [0.25, 0.3) is 0 Å². The van der Waals surface area contributed by atoms with Crippen molar-refractivity contribution in [2.24, 2.45) is 10.6 Å². The maximum atomic E-state index is 13.0. The van der Waals surface area contributed by atoms with E-state index in [0.29, 0.717) is 4.90 Å². The maximum Gasteiger partial charge on any atom is 0.374 e. The zero-order valence-corrected chi connectivity index (χ0v) is 23.4. The lowest BCUT2D eigenvalue weighted by atomic mass is 9.89. The van der Waals surface area contributed by atoms with Gasteiger partial charge in [-0.1, -0.05) is 5.16 Å². The van der Waals surface area contributed by atoms with E-state index in [1.54, 1.807) is 24.5 Å². The van der Waals surface area contributed by atoms with Crippen molar-refractivity contribution in [3.05, 3.63) is 47.9 Å². The van der Waals surface area contributed by atoms with E-state index in [4.69, 9.17) is 20.8 Å². The van der Waals surface area contributed by atoms with Gasteiger partial charge in [-0.25, -0.2) is 14.6 Å². The molecule has 15 nitrogen and oxygen atoms in total. The highest BCUT2D eigenvalue weighted by atomic mass is 32.2. The van der Waals surface area contributed by atoms with Crippen molar-refractivity contribution < 1.29 is 48.7 Å². The van der Waals surface area contributed by atoms with Crippen LogP contribution < -0.4 is 20.7 Å². The number of nitrogens with one attached hydrogen (secondary N) is 1. The third-order valence-corrected chi connectivity index (χ3v) is 9.59. The molecule has 2 unspecified atom stereocenters. The van der Waals surface area contributed by atoms with Gasteiger partial charge in [-0.05, 0) is 6.58 Å². The molecule has 0 radical (unpaired) electrons. The number of anilines is 1. The number of oxime groups is 1. The number of fused-ring (bicyclic) bond motifs is 1. The van der Waals surface area contributed by atoms with E-state index >= 15 is 0 Å². The largest absolute Gasteiger partial charge is 0.549 e. The number of nitrogens with two attached hydrogens (primary N) is 1. The van der Waals surface area contributed by atoms with Crippen LogP contribution in [0.5, 0.6) is 0 Å². The topological polar surface area (TPSA) is 229 Å². The van der Waals surface area contributed by atoms with E-state index in [2.05, 4.69) is 22.0 Å². The Balaban J connectivity index is 1.42. The van der Waals surface area contributed by atoms with Crippen molar-refractivity contribution in [3.63, 3.8) is 0 Å². The van der Waals surface area contributed by atoms with Crippen LogP contribution in [-0.2, 0) is 35.4 Å². The molecule has 2 aliphatic rings. The van der Waals surface area contributed by atoms with Gasteiger partial charge in [0.25, 0.3) is 5.91 Å². The summed E-state index contributed by atoms with van der Waals surface area (Å²) in [6, 6.07) is 2.32. The molecule has 0 saturated carbocycles. The fraction of sp³-hybridized carbons (Fsp3) is 0.304. The number of nitrogen functional groups attached to an aromatic ring is 1. The van der Waals surface area contributed by atoms with E-state index < -0.39 is 58.0 Å². The molecule has 2 aromatic rings. The summed E-state index contributed by atoms with van der Waals surface area (Å²) < 4.78 is 1.46. The molecule has 0 bridgehead atoms. The number of rotatable bonds is 12. The molecular formula is C23H22N6O9S3. The molecule has 18 heteroatoms. The summed E-state index contributed by atoms with van der Waals surface area (Å²) in [4.78, 5) is 70.8. The van der Waals surface area contributed by atoms with Crippen LogP contribution in [0.1, 0.15) is 5.69 Å². The average molecular weight is 623 g/mol. The number of carbonyl (C=O) groups excluding carboxylic acids is 3. The Kier molecular flexibility index (Phi) is 8.83. The first-order valence-electron chi connectivity index (χ1n) is 11.6. The van der Waals surface area contributed by atoms with Gasteiger partial charge in [-0.15, -0.1) is 34.9 Å².